The lowest BCUT2D eigenvalue weighted by molar-refractivity contribution is -0.115. The summed E-state index contributed by atoms with van der Waals surface area (Å²) in [4.78, 5) is 23.9. The van der Waals surface area contributed by atoms with Gasteiger partial charge in [0.05, 0.1) is 24.8 Å². The third-order valence-electron chi connectivity index (χ3n) is 3.11. The van der Waals surface area contributed by atoms with Crippen LogP contribution in [-0.2, 0) is 4.79 Å². The van der Waals surface area contributed by atoms with E-state index in [1.807, 2.05) is 13.0 Å². The van der Waals surface area contributed by atoms with Gasteiger partial charge in [0.15, 0.2) is 0 Å². The number of ether oxygens (including phenoxy) is 1. The van der Waals surface area contributed by atoms with Crippen molar-refractivity contribution in [2.24, 2.45) is 0 Å². The summed E-state index contributed by atoms with van der Waals surface area (Å²) in [5.41, 5.74) is 1.40. The highest BCUT2D eigenvalue weighted by Crippen LogP contribution is 2.12. The summed E-state index contributed by atoms with van der Waals surface area (Å²) < 4.78 is 5.31. The third-order valence-corrected chi connectivity index (χ3v) is 3.11. The first-order valence-corrected chi connectivity index (χ1v) is 7.43. The molecule has 0 fully saturated rings. The van der Waals surface area contributed by atoms with Crippen molar-refractivity contribution < 1.29 is 14.3 Å². The number of carbonyl (C=O) groups is 2. The zero-order valence-electron chi connectivity index (χ0n) is 13.2. The molecule has 0 unspecified atom stereocenters. The molecule has 0 aliphatic heterocycles. The molecule has 2 aromatic carbocycles. The first-order chi connectivity index (χ1) is 11.6. The smallest absolute Gasteiger partial charge is 0.251 e. The van der Waals surface area contributed by atoms with E-state index in [9.17, 15) is 9.59 Å². The Morgan fingerprint density at radius 1 is 1.17 bits per heavy atom. The molecule has 0 heterocycles. The highest BCUT2D eigenvalue weighted by atomic mass is 16.5. The monoisotopic (exact) mass is 323 g/mol. The van der Waals surface area contributed by atoms with E-state index in [4.69, 9.17) is 10.00 Å². The number of hydrogen-bond donors (Lipinski definition) is 2. The Bertz CT molecular complexity index is 764. The van der Waals surface area contributed by atoms with Gasteiger partial charge in [0, 0.05) is 11.3 Å². The quantitative estimate of drug-likeness (QED) is 0.853. The molecule has 0 aromatic heterocycles. The van der Waals surface area contributed by atoms with Crippen LogP contribution < -0.4 is 15.4 Å². The standard InChI is InChI=1S/C18H17N3O3/c1-2-24-16-8-6-14(7-9-16)18(23)20-12-17(22)21-15-5-3-4-13(10-15)11-19/h3-10H,2,12H2,1H3,(H,20,23)(H,21,22). The predicted octanol–water partition coefficient (Wildman–Crippen LogP) is 2.33. The van der Waals surface area contributed by atoms with Gasteiger partial charge >= 0.3 is 0 Å². The Morgan fingerprint density at radius 2 is 1.92 bits per heavy atom. The van der Waals surface area contributed by atoms with Crippen LogP contribution in [0.3, 0.4) is 0 Å². The van der Waals surface area contributed by atoms with E-state index in [2.05, 4.69) is 10.6 Å². The number of nitrogens with one attached hydrogen (secondary N) is 2. The van der Waals surface area contributed by atoms with Gasteiger partial charge in [-0.25, -0.2) is 0 Å². The molecule has 2 rings (SSSR count). The van der Waals surface area contributed by atoms with Crippen molar-refractivity contribution in [2.75, 3.05) is 18.5 Å². The van der Waals surface area contributed by atoms with E-state index in [0.29, 0.717) is 29.2 Å². The lowest BCUT2D eigenvalue weighted by atomic mass is 10.2. The fourth-order valence-corrected chi connectivity index (χ4v) is 2.00. The van der Waals surface area contributed by atoms with Crippen LogP contribution in [0, 0.1) is 11.3 Å². The van der Waals surface area contributed by atoms with E-state index < -0.39 is 0 Å². The average molecular weight is 323 g/mol. The van der Waals surface area contributed by atoms with E-state index in [0.717, 1.165) is 0 Å². The van der Waals surface area contributed by atoms with Crippen LogP contribution in [0.1, 0.15) is 22.8 Å². The zero-order valence-corrected chi connectivity index (χ0v) is 13.2. The molecule has 0 atom stereocenters. The summed E-state index contributed by atoms with van der Waals surface area (Å²) in [5.74, 6) is -0.0347. The number of amides is 2. The summed E-state index contributed by atoms with van der Waals surface area (Å²) in [6, 6.07) is 15.2. The van der Waals surface area contributed by atoms with Gasteiger partial charge in [-0.15, -0.1) is 0 Å². The van der Waals surface area contributed by atoms with Crippen molar-refractivity contribution in [1.29, 1.82) is 5.26 Å². The van der Waals surface area contributed by atoms with Crippen molar-refractivity contribution in [1.82, 2.24) is 5.32 Å². The maximum atomic E-state index is 12.0. The van der Waals surface area contributed by atoms with Gasteiger partial charge in [0.1, 0.15) is 5.75 Å². The number of hydrogen-bond acceptors (Lipinski definition) is 4. The maximum absolute atomic E-state index is 12.0. The fourth-order valence-electron chi connectivity index (χ4n) is 2.00. The molecule has 6 nitrogen and oxygen atoms in total. The first kappa shape index (κ1) is 17.0. The molecule has 2 N–H and O–H groups in total. The number of carbonyl (C=O) groups excluding carboxylic acids is 2. The molecule has 24 heavy (non-hydrogen) atoms. The average Bonchev–Trinajstić information content (AvgIpc) is 2.61. The maximum Gasteiger partial charge on any atom is 0.251 e. The molecule has 0 radical (unpaired) electrons. The van der Waals surface area contributed by atoms with Crippen LogP contribution in [0.25, 0.3) is 0 Å². The van der Waals surface area contributed by atoms with Crippen molar-refractivity contribution in [3.63, 3.8) is 0 Å². The minimum Gasteiger partial charge on any atom is -0.494 e. The Kier molecular flexibility index (Phi) is 5.92. The van der Waals surface area contributed by atoms with Crippen LogP contribution in [-0.4, -0.2) is 25.0 Å². The summed E-state index contributed by atoms with van der Waals surface area (Å²) >= 11 is 0. The second kappa shape index (κ2) is 8.34. The van der Waals surface area contributed by atoms with E-state index in [1.54, 1.807) is 48.5 Å². The van der Waals surface area contributed by atoms with E-state index in [1.165, 1.54) is 0 Å². The molecule has 0 aliphatic rings. The van der Waals surface area contributed by atoms with Gasteiger partial charge in [-0.05, 0) is 49.4 Å². The summed E-state index contributed by atoms with van der Waals surface area (Å²) in [6.07, 6.45) is 0. The first-order valence-electron chi connectivity index (χ1n) is 7.43. The molecule has 122 valence electrons. The van der Waals surface area contributed by atoms with Crippen LogP contribution in [0.5, 0.6) is 5.75 Å². The van der Waals surface area contributed by atoms with Crippen LogP contribution >= 0.6 is 0 Å². The molecular weight excluding hydrogens is 306 g/mol. The largest absolute Gasteiger partial charge is 0.494 e. The third kappa shape index (κ3) is 4.85. The van der Waals surface area contributed by atoms with Crippen molar-refractivity contribution in [2.45, 2.75) is 6.92 Å². The number of anilines is 1. The van der Waals surface area contributed by atoms with Crippen molar-refractivity contribution in [3.8, 4) is 11.8 Å². The number of rotatable bonds is 6. The Morgan fingerprint density at radius 3 is 2.58 bits per heavy atom. The topological polar surface area (TPSA) is 91.2 Å². The van der Waals surface area contributed by atoms with Gasteiger partial charge in [0.2, 0.25) is 5.91 Å². The minimum absolute atomic E-state index is 0.164. The van der Waals surface area contributed by atoms with E-state index in [-0.39, 0.29) is 18.4 Å². The van der Waals surface area contributed by atoms with Gasteiger partial charge < -0.3 is 15.4 Å². The molecule has 0 aliphatic carbocycles. The zero-order chi connectivity index (χ0) is 17.4. The highest BCUT2D eigenvalue weighted by molar-refractivity contribution is 5.99. The fraction of sp³-hybridized carbons (Fsp3) is 0.167. The molecule has 0 saturated heterocycles. The number of nitriles is 1. The van der Waals surface area contributed by atoms with Crippen LogP contribution in [0.2, 0.25) is 0 Å². The van der Waals surface area contributed by atoms with Crippen molar-refractivity contribution in [3.05, 3.63) is 59.7 Å². The molecular formula is C18H17N3O3. The van der Waals surface area contributed by atoms with E-state index >= 15 is 0 Å². The van der Waals surface area contributed by atoms with Gasteiger partial charge in [0.25, 0.3) is 5.91 Å². The van der Waals surface area contributed by atoms with Gasteiger partial charge in [-0.2, -0.15) is 5.26 Å². The second-order valence-electron chi connectivity index (χ2n) is 4.88. The van der Waals surface area contributed by atoms with Gasteiger partial charge in [-0.1, -0.05) is 6.07 Å². The van der Waals surface area contributed by atoms with Crippen LogP contribution in [0.15, 0.2) is 48.5 Å². The SMILES string of the molecule is CCOc1ccc(C(=O)NCC(=O)Nc2cccc(C#N)c2)cc1. The number of benzene rings is 2. The Hall–Kier alpha value is -3.33. The molecule has 2 amide bonds. The van der Waals surface area contributed by atoms with Crippen molar-refractivity contribution >= 4 is 17.5 Å². The lowest BCUT2D eigenvalue weighted by Crippen LogP contribution is -2.32. The molecule has 0 bridgehead atoms. The summed E-state index contributed by atoms with van der Waals surface area (Å²) in [6.45, 7) is 2.27. The lowest BCUT2D eigenvalue weighted by Gasteiger charge is -2.08. The Balaban J connectivity index is 1.86. The molecule has 0 spiro atoms. The highest BCUT2D eigenvalue weighted by Gasteiger charge is 2.08. The number of nitrogens with zero attached hydrogens (tertiary/aromatic N) is 1. The normalized spacial score (nSPS) is 9.67. The molecule has 0 saturated carbocycles. The summed E-state index contributed by atoms with van der Waals surface area (Å²) in [7, 11) is 0. The van der Waals surface area contributed by atoms with Gasteiger partial charge in [-0.3, -0.25) is 9.59 Å². The molecule has 6 heteroatoms. The minimum atomic E-state index is -0.371. The predicted molar refractivity (Wildman–Crippen MR) is 89.7 cm³/mol. The summed E-state index contributed by atoms with van der Waals surface area (Å²) in [5, 5.41) is 14.0. The Labute approximate surface area is 140 Å². The second-order valence-corrected chi connectivity index (χ2v) is 4.88. The van der Waals surface area contributed by atoms with Crippen LogP contribution in [0.4, 0.5) is 5.69 Å². The molecule has 2 aromatic rings.